The first-order chi connectivity index (χ1) is 10.7. The smallest absolute Gasteiger partial charge is 0.338 e. The molecular formula is C15H20N2O5S. The Morgan fingerprint density at radius 2 is 2.04 bits per heavy atom. The number of ether oxygens (including phenoxy) is 1. The van der Waals surface area contributed by atoms with E-state index in [1.807, 2.05) is 20.8 Å². The summed E-state index contributed by atoms with van der Waals surface area (Å²) in [5.41, 5.74) is -0.511. The molecule has 1 aromatic rings. The van der Waals surface area contributed by atoms with Crippen LogP contribution in [-0.4, -0.2) is 35.2 Å². The summed E-state index contributed by atoms with van der Waals surface area (Å²) < 4.78 is 4.91. The molecule has 1 amide bonds. The maximum absolute atomic E-state index is 11.9. The first kappa shape index (κ1) is 19.0. The molecular weight excluding hydrogens is 320 g/mol. The highest BCUT2D eigenvalue weighted by Crippen LogP contribution is 2.28. The van der Waals surface area contributed by atoms with Crippen molar-refractivity contribution in [2.24, 2.45) is 0 Å². The molecule has 126 valence electrons. The molecule has 0 aliphatic rings. The van der Waals surface area contributed by atoms with Crippen LogP contribution in [0.1, 0.15) is 37.6 Å². The van der Waals surface area contributed by atoms with Crippen LogP contribution in [0.4, 0.5) is 5.69 Å². The molecule has 1 N–H and O–H groups in total. The van der Waals surface area contributed by atoms with Gasteiger partial charge in [0.05, 0.1) is 15.4 Å². The highest BCUT2D eigenvalue weighted by Gasteiger charge is 2.21. The molecule has 8 heteroatoms. The summed E-state index contributed by atoms with van der Waals surface area (Å²) in [6.45, 7) is 5.22. The number of thioether (sulfide) groups is 1. The molecule has 0 bridgehead atoms. The number of nitrogens with zero attached hydrogens (tertiary/aromatic N) is 1. The zero-order valence-electron chi connectivity index (χ0n) is 13.5. The molecule has 0 saturated carbocycles. The fourth-order valence-electron chi connectivity index (χ4n) is 1.68. The molecule has 0 heterocycles. The third-order valence-electron chi connectivity index (χ3n) is 3.31. The number of nitro groups is 1. The van der Waals surface area contributed by atoms with Gasteiger partial charge >= 0.3 is 5.97 Å². The van der Waals surface area contributed by atoms with E-state index in [0.29, 0.717) is 4.90 Å². The standard InChI is InChI=1S/C15H20N2O5S/c1-5-15(2,3)16-13(18)9-22-14(19)10-6-7-12(23-4)11(8-10)17(20)21/h6-8H,5,9H2,1-4H3,(H,16,18). The Bertz CT molecular complexity index is 616. The summed E-state index contributed by atoms with van der Waals surface area (Å²) in [6, 6.07) is 4.08. The van der Waals surface area contributed by atoms with Crippen LogP contribution < -0.4 is 5.32 Å². The van der Waals surface area contributed by atoms with E-state index in [9.17, 15) is 19.7 Å². The van der Waals surface area contributed by atoms with Crippen LogP contribution in [0.15, 0.2) is 23.1 Å². The van der Waals surface area contributed by atoms with Crippen molar-refractivity contribution in [1.29, 1.82) is 0 Å². The van der Waals surface area contributed by atoms with E-state index in [4.69, 9.17) is 4.74 Å². The molecule has 7 nitrogen and oxygen atoms in total. The highest BCUT2D eigenvalue weighted by molar-refractivity contribution is 7.98. The van der Waals surface area contributed by atoms with E-state index >= 15 is 0 Å². The minimum Gasteiger partial charge on any atom is -0.452 e. The van der Waals surface area contributed by atoms with Gasteiger partial charge in [-0.1, -0.05) is 6.92 Å². The van der Waals surface area contributed by atoms with Crippen LogP contribution in [0.3, 0.4) is 0 Å². The van der Waals surface area contributed by atoms with Crippen LogP contribution in [-0.2, 0) is 9.53 Å². The highest BCUT2D eigenvalue weighted by atomic mass is 32.2. The third kappa shape index (κ3) is 5.55. The van der Waals surface area contributed by atoms with Gasteiger partial charge in [0, 0.05) is 11.6 Å². The lowest BCUT2D eigenvalue weighted by atomic mass is 10.0. The number of carbonyl (C=O) groups is 2. The Kier molecular flexibility index (Phi) is 6.56. The number of hydrogen-bond acceptors (Lipinski definition) is 6. The summed E-state index contributed by atoms with van der Waals surface area (Å²) in [6.07, 6.45) is 2.44. The lowest BCUT2D eigenvalue weighted by molar-refractivity contribution is -0.387. The molecule has 23 heavy (non-hydrogen) atoms. The van der Waals surface area contributed by atoms with Crippen molar-refractivity contribution in [3.05, 3.63) is 33.9 Å². The normalized spacial score (nSPS) is 11.0. The summed E-state index contributed by atoms with van der Waals surface area (Å²) >= 11 is 1.21. The van der Waals surface area contributed by atoms with E-state index in [0.717, 1.165) is 12.5 Å². The Balaban J connectivity index is 2.74. The Hall–Kier alpha value is -2.09. The molecule has 0 radical (unpaired) electrons. The van der Waals surface area contributed by atoms with Crippen molar-refractivity contribution in [2.45, 2.75) is 37.6 Å². The fraction of sp³-hybridized carbons (Fsp3) is 0.467. The second-order valence-electron chi connectivity index (χ2n) is 5.51. The van der Waals surface area contributed by atoms with Crippen LogP contribution in [0.5, 0.6) is 0 Å². The van der Waals surface area contributed by atoms with Gasteiger partial charge in [-0.3, -0.25) is 14.9 Å². The minimum absolute atomic E-state index is 0.0389. The van der Waals surface area contributed by atoms with Crippen LogP contribution in [0.2, 0.25) is 0 Å². The quantitative estimate of drug-likeness (QED) is 0.355. The van der Waals surface area contributed by atoms with Gasteiger partial charge in [-0.2, -0.15) is 0 Å². The largest absolute Gasteiger partial charge is 0.452 e. The van der Waals surface area contributed by atoms with Crippen LogP contribution in [0.25, 0.3) is 0 Å². The number of esters is 1. The molecule has 0 unspecified atom stereocenters. The Morgan fingerprint density at radius 3 is 2.57 bits per heavy atom. The second kappa shape index (κ2) is 7.96. The van der Waals surface area contributed by atoms with E-state index in [-0.39, 0.29) is 16.8 Å². The van der Waals surface area contributed by atoms with Gasteiger partial charge < -0.3 is 10.1 Å². The van der Waals surface area contributed by atoms with E-state index in [1.54, 1.807) is 6.26 Å². The van der Waals surface area contributed by atoms with Gasteiger partial charge in [-0.05, 0) is 38.7 Å². The lowest BCUT2D eigenvalue weighted by Gasteiger charge is -2.24. The van der Waals surface area contributed by atoms with Crippen LogP contribution in [0, 0.1) is 10.1 Å². The molecule has 0 aromatic heterocycles. The zero-order chi connectivity index (χ0) is 17.6. The maximum atomic E-state index is 11.9. The van der Waals surface area contributed by atoms with Gasteiger partial charge in [-0.25, -0.2) is 4.79 Å². The summed E-state index contributed by atoms with van der Waals surface area (Å²) in [4.78, 5) is 34.5. The average molecular weight is 340 g/mol. The number of rotatable bonds is 7. The fourth-order valence-corrected chi connectivity index (χ4v) is 2.22. The molecule has 0 saturated heterocycles. The second-order valence-corrected chi connectivity index (χ2v) is 6.35. The number of carbonyl (C=O) groups excluding carboxylic acids is 2. The van der Waals surface area contributed by atoms with Crippen molar-refractivity contribution in [1.82, 2.24) is 5.32 Å². The molecule has 0 atom stereocenters. The van der Waals surface area contributed by atoms with Gasteiger partial charge in [0.15, 0.2) is 6.61 Å². The molecule has 1 rings (SSSR count). The van der Waals surface area contributed by atoms with Gasteiger partial charge in [-0.15, -0.1) is 11.8 Å². The van der Waals surface area contributed by atoms with Gasteiger partial charge in [0.1, 0.15) is 0 Å². The Morgan fingerprint density at radius 1 is 1.39 bits per heavy atom. The number of nitro benzene ring substituents is 1. The van der Waals surface area contributed by atoms with Crippen molar-refractivity contribution >= 4 is 29.3 Å². The first-order valence-corrected chi connectivity index (χ1v) is 8.23. The monoisotopic (exact) mass is 340 g/mol. The van der Waals surface area contributed by atoms with Crippen molar-refractivity contribution < 1.29 is 19.2 Å². The number of nitrogens with one attached hydrogen (secondary N) is 1. The topological polar surface area (TPSA) is 98.5 Å². The average Bonchev–Trinajstić information content (AvgIpc) is 2.51. The van der Waals surface area contributed by atoms with Crippen molar-refractivity contribution in [2.75, 3.05) is 12.9 Å². The first-order valence-electron chi connectivity index (χ1n) is 7.00. The molecule has 0 fully saturated rings. The number of amides is 1. The molecule has 0 aliphatic heterocycles. The van der Waals surface area contributed by atoms with E-state index < -0.39 is 23.4 Å². The van der Waals surface area contributed by atoms with Gasteiger partial charge in [0.25, 0.3) is 11.6 Å². The molecule has 1 aromatic carbocycles. The van der Waals surface area contributed by atoms with E-state index in [2.05, 4.69) is 5.32 Å². The lowest BCUT2D eigenvalue weighted by Crippen LogP contribution is -2.44. The predicted molar refractivity (Wildman–Crippen MR) is 87.7 cm³/mol. The minimum atomic E-state index is -0.773. The van der Waals surface area contributed by atoms with Crippen molar-refractivity contribution in [3.8, 4) is 0 Å². The van der Waals surface area contributed by atoms with Crippen LogP contribution >= 0.6 is 11.8 Å². The maximum Gasteiger partial charge on any atom is 0.338 e. The summed E-state index contributed by atoms with van der Waals surface area (Å²) in [7, 11) is 0. The summed E-state index contributed by atoms with van der Waals surface area (Å²) in [5, 5.41) is 13.7. The number of hydrogen-bond donors (Lipinski definition) is 1. The predicted octanol–water partition coefficient (Wildman–Crippen LogP) is 2.78. The van der Waals surface area contributed by atoms with Gasteiger partial charge in [0.2, 0.25) is 0 Å². The molecule has 0 spiro atoms. The molecule has 0 aliphatic carbocycles. The number of benzene rings is 1. The zero-order valence-corrected chi connectivity index (χ0v) is 14.4. The van der Waals surface area contributed by atoms with Crippen molar-refractivity contribution in [3.63, 3.8) is 0 Å². The summed E-state index contributed by atoms with van der Waals surface area (Å²) in [5.74, 6) is -1.19. The SMILES string of the molecule is CCC(C)(C)NC(=O)COC(=O)c1ccc(SC)c([N+](=O)[O-])c1. The van der Waals surface area contributed by atoms with E-state index in [1.165, 1.54) is 23.9 Å². The Labute approximate surface area is 138 Å². The third-order valence-corrected chi connectivity index (χ3v) is 4.09.